The number of halogens is 1. The first kappa shape index (κ1) is 21.4. The fourth-order valence-electron chi connectivity index (χ4n) is 2.24. The van der Waals surface area contributed by atoms with E-state index in [0.29, 0.717) is 9.79 Å². The second-order valence-electron chi connectivity index (χ2n) is 6.98. The van der Waals surface area contributed by atoms with Gasteiger partial charge in [0.25, 0.3) is 11.6 Å². The van der Waals surface area contributed by atoms with Crippen LogP contribution in [-0.4, -0.2) is 28.8 Å². The van der Waals surface area contributed by atoms with Crippen LogP contribution in [0.2, 0.25) is 0 Å². The predicted molar refractivity (Wildman–Crippen MR) is 104 cm³/mol. The molecule has 0 bridgehead atoms. The Morgan fingerprint density at radius 2 is 1.79 bits per heavy atom. The van der Waals surface area contributed by atoms with Gasteiger partial charge in [-0.3, -0.25) is 19.7 Å². The molecule has 148 valence electrons. The van der Waals surface area contributed by atoms with Crippen LogP contribution in [0.1, 0.15) is 31.1 Å². The van der Waals surface area contributed by atoms with Gasteiger partial charge in [0.15, 0.2) is 0 Å². The lowest BCUT2D eigenvalue weighted by molar-refractivity contribution is -0.387. The minimum atomic E-state index is -0.592. The summed E-state index contributed by atoms with van der Waals surface area (Å²) in [7, 11) is 0. The minimum absolute atomic E-state index is 0.0683. The Hall–Kier alpha value is -2.94. The number of amides is 2. The van der Waals surface area contributed by atoms with Gasteiger partial charge < -0.3 is 10.6 Å². The average Bonchev–Trinajstić information content (AvgIpc) is 2.60. The molecule has 0 atom stereocenters. The molecule has 0 spiro atoms. The Morgan fingerprint density at radius 3 is 2.36 bits per heavy atom. The van der Waals surface area contributed by atoms with Crippen LogP contribution >= 0.6 is 11.8 Å². The zero-order valence-corrected chi connectivity index (χ0v) is 16.4. The molecule has 0 saturated heterocycles. The van der Waals surface area contributed by atoms with Crippen molar-refractivity contribution in [1.29, 1.82) is 0 Å². The molecule has 7 nitrogen and oxygen atoms in total. The Kier molecular flexibility index (Phi) is 6.74. The number of nitro groups is 1. The molecule has 0 saturated carbocycles. The van der Waals surface area contributed by atoms with E-state index >= 15 is 0 Å². The van der Waals surface area contributed by atoms with Crippen molar-refractivity contribution in [3.8, 4) is 0 Å². The van der Waals surface area contributed by atoms with Crippen molar-refractivity contribution in [1.82, 2.24) is 10.6 Å². The molecule has 2 aromatic carbocycles. The first-order valence-electron chi connectivity index (χ1n) is 8.36. The standard InChI is InChI=1S/C19H20FN3O4S/c1-19(2,3)22-17(24)11-21-18(25)12-4-9-16(15(10-12)23(26)27)28-14-7-5-13(20)6-8-14/h4-10H,11H2,1-3H3,(H,21,25)(H,22,24). The van der Waals surface area contributed by atoms with Gasteiger partial charge in [-0.05, 0) is 57.2 Å². The summed E-state index contributed by atoms with van der Waals surface area (Å²) in [6.07, 6.45) is 0. The summed E-state index contributed by atoms with van der Waals surface area (Å²) >= 11 is 1.09. The van der Waals surface area contributed by atoms with Crippen LogP contribution in [0.15, 0.2) is 52.3 Å². The average molecular weight is 405 g/mol. The molecule has 0 fully saturated rings. The van der Waals surface area contributed by atoms with E-state index in [4.69, 9.17) is 0 Å². The van der Waals surface area contributed by atoms with Crippen molar-refractivity contribution in [2.45, 2.75) is 36.1 Å². The number of benzene rings is 2. The van der Waals surface area contributed by atoms with Crippen LogP contribution in [0.4, 0.5) is 10.1 Å². The van der Waals surface area contributed by atoms with Gasteiger partial charge in [-0.1, -0.05) is 11.8 Å². The van der Waals surface area contributed by atoms with Crippen molar-refractivity contribution in [2.75, 3.05) is 6.54 Å². The van der Waals surface area contributed by atoms with Crippen molar-refractivity contribution in [3.05, 3.63) is 64.0 Å². The van der Waals surface area contributed by atoms with Crippen molar-refractivity contribution in [3.63, 3.8) is 0 Å². The monoisotopic (exact) mass is 405 g/mol. The molecule has 28 heavy (non-hydrogen) atoms. The topological polar surface area (TPSA) is 101 Å². The largest absolute Gasteiger partial charge is 0.350 e. The third-order valence-electron chi connectivity index (χ3n) is 3.38. The molecule has 2 N–H and O–H groups in total. The van der Waals surface area contributed by atoms with Crippen LogP contribution < -0.4 is 10.6 Å². The Balaban J connectivity index is 2.12. The van der Waals surface area contributed by atoms with Gasteiger partial charge in [0.1, 0.15) is 5.82 Å². The van der Waals surface area contributed by atoms with Crippen LogP contribution in [0, 0.1) is 15.9 Å². The summed E-state index contributed by atoms with van der Waals surface area (Å²) in [6.45, 7) is 5.20. The SMILES string of the molecule is CC(C)(C)NC(=O)CNC(=O)c1ccc(Sc2ccc(F)cc2)c([N+](=O)[O-])c1. The number of carbonyl (C=O) groups excluding carboxylic acids is 2. The molecule has 0 aliphatic rings. The van der Waals surface area contributed by atoms with Gasteiger partial charge in [0.05, 0.1) is 16.4 Å². The summed E-state index contributed by atoms with van der Waals surface area (Å²) in [5, 5.41) is 16.5. The maximum Gasteiger partial charge on any atom is 0.284 e. The number of hydrogen-bond donors (Lipinski definition) is 2. The first-order valence-corrected chi connectivity index (χ1v) is 9.18. The number of carbonyl (C=O) groups is 2. The zero-order valence-electron chi connectivity index (χ0n) is 15.6. The molecule has 2 amide bonds. The highest BCUT2D eigenvalue weighted by Gasteiger charge is 2.20. The lowest BCUT2D eigenvalue weighted by Gasteiger charge is -2.20. The third kappa shape index (κ3) is 6.34. The van der Waals surface area contributed by atoms with E-state index in [1.165, 1.54) is 36.4 Å². The second kappa shape index (κ2) is 8.83. The molecule has 0 unspecified atom stereocenters. The molecular formula is C19H20FN3O4S. The van der Waals surface area contributed by atoms with Crippen LogP contribution in [0.3, 0.4) is 0 Å². The van der Waals surface area contributed by atoms with Crippen molar-refractivity contribution < 1.29 is 18.9 Å². The highest BCUT2D eigenvalue weighted by Crippen LogP contribution is 2.35. The van der Waals surface area contributed by atoms with Gasteiger partial charge in [-0.2, -0.15) is 0 Å². The number of nitrogens with zero attached hydrogens (tertiary/aromatic N) is 1. The molecule has 0 aliphatic carbocycles. The fraction of sp³-hybridized carbons (Fsp3) is 0.263. The van der Waals surface area contributed by atoms with E-state index in [-0.39, 0.29) is 23.7 Å². The summed E-state index contributed by atoms with van der Waals surface area (Å²) in [4.78, 5) is 35.8. The van der Waals surface area contributed by atoms with E-state index < -0.39 is 22.2 Å². The normalized spacial score (nSPS) is 11.0. The number of nitrogens with one attached hydrogen (secondary N) is 2. The van der Waals surface area contributed by atoms with Gasteiger partial charge in [0.2, 0.25) is 5.91 Å². The maximum absolute atomic E-state index is 13.0. The Bertz CT molecular complexity index is 895. The van der Waals surface area contributed by atoms with Gasteiger partial charge in [0, 0.05) is 22.1 Å². The molecule has 2 rings (SSSR count). The van der Waals surface area contributed by atoms with E-state index in [0.717, 1.165) is 17.8 Å². The molecule has 0 aromatic heterocycles. The summed E-state index contributed by atoms with van der Waals surface area (Å²) in [5.74, 6) is -1.36. The Morgan fingerprint density at radius 1 is 1.14 bits per heavy atom. The molecule has 0 heterocycles. The lowest BCUT2D eigenvalue weighted by Crippen LogP contribution is -2.45. The smallest absolute Gasteiger partial charge is 0.284 e. The van der Waals surface area contributed by atoms with Crippen molar-refractivity contribution >= 4 is 29.3 Å². The summed E-state index contributed by atoms with van der Waals surface area (Å²) < 4.78 is 13.0. The second-order valence-corrected chi connectivity index (χ2v) is 8.09. The molecule has 2 aromatic rings. The van der Waals surface area contributed by atoms with Gasteiger partial charge >= 0.3 is 0 Å². The highest BCUT2D eigenvalue weighted by atomic mass is 32.2. The summed E-state index contributed by atoms with van der Waals surface area (Å²) in [6, 6.07) is 9.60. The summed E-state index contributed by atoms with van der Waals surface area (Å²) in [5.41, 5.74) is -0.611. The fourth-order valence-corrected chi connectivity index (χ4v) is 3.14. The molecule has 9 heteroatoms. The predicted octanol–water partition coefficient (Wildman–Crippen LogP) is 3.53. The molecule has 0 aliphatic heterocycles. The van der Waals surface area contributed by atoms with Crippen LogP contribution in [-0.2, 0) is 4.79 Å². The van der Waals surface area contributed by atoms with Crippen LogP contribution in [0.25, 0.3) is 0 Å². The minimum Gasteiger partial charge on any atom is -0.350 e. The zero-order chi connectivity index (χ0) is 20.9. The van der Waals surface area contributed by atoms with Gasteiger partial charge in [-0.25, -0.2) is 4.39 Å². The van der Waals surface area contributed by atoms with Gasteiger partial charge in [-0.15, -0.1) is 0 Å². The molecule has 0 radical (unpaired) electrons. The number of hydrogen-bond acceptors (Lipinski definition) is 5. The van der Waals surface area contributed by atoms with E-state index in [1.807, 2.05) is 20.8 Å². The lowest BCUT2D eigenvalue weighted by atomic mass is 10.1. The van der Waals surface area contributed by atoms with E-state index in [9.17, 15) is 24.1 Å². The Labute approximate surface area is 165 Å². The highest BCUT2D eigenvalue weighted by molar-refractivity contribution is 7.99. The van der Waals surface area contributed by atoms with Crippen LogP contribution in [0.5, 0.6) is 0 Å². The van der Waals surface area contributed by atoms with Crippen molar-refractivity contribution in [2.24, 2.45) is 0 Å². The van der Waals surface area contributed by atoms with E-state index in [1.54, 1.807) is 0 Å². The van der Waals surface area contributed by atoms with E-state index in [2.05, 4.69) is 10.6 Å². The number of rotatable bonds is 6. The quantitative estimate of drug-likeness (QED) is 0.566. The number of nitro benzene ring substituents is 1. The maximum atomic E-state index is 13.0. The third-order valence-corrected chi connectivity index (χ3v) is 4.46. The molecular weight excluding hydrogens is 385 g/mol. The first-order chi connectivity index (χ1) is 13.0.